The van der Waals surface area contributed by atoms with Gasteiger partial charge in [-0.05, 0) is 20.8 Å². The van der Waals surface area contributed by atoms with Crippen LogP contribution < -0.4 is 0 Å². The normalized spacial score (nSPS) is 12.6. The summed E-state index contributed by atoms with van der Waals surface area (Å²) in [5.74, 6) is 0. The average Bonchev–Trinajstić information content (AvgIpc) is 2.24. The molecule has 5 heteroatoms. The monoisotopic (exact) mass is 248 g/mol. The van der Waals surface area contributed by atoms with Crippen LogP contribution in [0.15, 0.2) is 24.2 Å². The van der Waals surface area contributed by atoms with Crippen LogP contribution in [0.2, 0.25) is 0 Å². The van der Waals surface area contributed by atoms with Gasteiger partial charge in [-0.1, -0.05) is 6.08 Å². The van der Waals surface area contributed by atoms with E-state index in [1.807, 2.05) is 6.92 Å². The van der Waals surface area contributed by atoms with Crippen molar-refractivity contribution in [2.75, 3.05) is 19.8 Å². The van der Waals surface area contributed by atoms with Crippen LogP contribution in [0.4, 0.5) is 0 Å². The molecule has 0 saturated heterocycles. The molecule has 0 saturated carbocycles. The molecule has 0 rings (SSSR count). The Morgan fingerprint density at radius 2 is 1.75 bits per heavy atom. The molecule has 0 fully saturated rings. The maximum atomic E-state index is 12.4. The van der Waals surface area contributed by atoms with Crippen LogP contribution in [0.1, 0.15) is 27.2 Å². The van der Waals surface area contributed by atoms with Gasteiger partial charge in [-0.25, -0.2) is 0 Å². The molecule has 0 bridgehead atoms. The molecule has 0 spiro atoms. The molecule has 16 heavy (non-hydrogen) atoms. The summed E-state index contributed by atoms with van der Waals surface area (Å²) in [6.07, 6.45) is 3.53. The van der Waals surface area contributed by atoms with Crippen molar-refractivity contribution in [1.82, 2.24) is 0 Å². The SMILES string of the molecule is C=CC/C(=C\OCC)P(=O)(OCC)OCC. The molecule has 0 N–H and O–H groups in total. The first-order valence-corrected chi connectivity index (χ1v) is 7.00. The molecule has 0 aliphatic carbocycles. The molecule has 0 aromatic carbocycles. The molecule has 0 aliphatic heterocycles. The Morgan fingerprint density at radius 1 is 1.19 bits per heavy atom. The second-order valence-electron chi connectivity index (χ2n) is 2.89. The number of allylic oxidation sites excluding steroid dienone is 2. The van der Waals surface area contributed by atoms with Crippen molar-refractivity contribution in [2.45, 2.75) is 27.2 Å². The van der Waals surface area contributed by atoms with E-state index in [9.17, 15) is 4.57 Å². The van der Waals surface area contributed by atoms with E-state index in [0.29, 0.717) is 31.6 Å². The van der Waals surface area contributed by atoms with Gasteiger partial charge >= 0.3 is 7.60 Å². The van der Waals surface area contributed by atoms with Gasteiger partial charge in [-0.15, -0.1) is 6.58 Å². The molecular formula is C11H21O4P. The predicted molar refractivity (Wildman–Crippen MR) is 65.4 cm³/mol. The first kappa shape index (κ1) is 15.4. The molecule has 0 aromatic heterocycles. The summed E-state index contributed by atoms with van der Waals surface area (Å²) in [5, 5.41) is 0.507. The van der Waals surface area contributed by atoms with Crippen LogP contribution in [0.3, 0.4) is 0 Å². The Bertz CT molecular complexity index is 263. The van der Waals surface area contributed by atoms with Gasteiger partial charge in [-0.2, -0.15) is 0 Å². The average molecular weight is 248 g/mol. The van der Waals surface area contributed by atoms with Gasteiger partial charge < -0.3 is 13.8 Å². The zero-order chi connectivity index (χ0) is 12.4. The zero-order valence-electron chi connectivity index (χ0n) is 10.3. The summed E-state index contributed by atoms with van der Waals surface area (Å²) in [6, 6.07) is 0. The van der Waals surface area contributed by atoms with E-state index in [4.69, 9.17) is 13.8 Å². The van der Waals surface area contributed by atoms with E-state index in [1.165, 1.54) is 6.26 Å². The molecule has 0 unspecified atom stereocenters. The zero-order valence-corrected chi connectivity index (χ0v) is 11.2. The third-order valence-electron chi connectivity index (χ3n) is 1.69. The molecule has 0 radical (unpaired) electrons. The highest BCUT2D eigenvalue weighted by atomic mass is 31.2. The van der Waals surface area contributed by atoms with Gasteiger partial charge in [0.2, 0.25) is 0 Å². The van der Waals surface area contributed by atoms with Crippen LogP contribution in [0, 0.1) is 0 Å². The maximum Gasteiger partial charge on any atom is 0.360 e. The Labute approximate surface area is 97.8 Å². The maximum absolute atomic E-state index is 12.4. The number of hydrogen-bond donors (Lipinski definition) is 0. The third-order valence-corrected chi connectivity index (χ3v) is 3.88. The van der Waals surface area contributed by atoms with E-state index in [-0.39, 0.29) is 0 Å². The molecule has 0 atom stereocenters. The van der Waals surface area contributed by atoms with Gasteiger partial charge in [0.25, 0.3) is 0 Å². The smallest absolute Gasteiger partial charge is 0.360 e. The minimum absolute atomic E-state index is 0.331. The van der Waals surface area contributed by atoms with E-state index < -0.39 is 7.60 Å². The van der Waals surface area contributed by atoms with Crippen molar-refractivity contribution in [3.8, 4) is 0 Å². The number of ether oxygens (including phenoxy) is 1. The fourth-order valence-electron chi connectivity index (χ4n) is 1.09. The summed E-state index contributed by atoms with van der Waals surface area (Å²) >= 11 is 0. The Hall–Kier alpha value is -0.570. The Kier molecular flexibility index (Phi) is 8.26. The van der Waals surface area contributed by atoms with Crippen molar-refractivity contribution < 1.29 is 18.3 Å². The van der Waals surface area contributed by atoms with E-state index in [2.05, 4.69) is 6.58 Å². The predicted octanol–water partition coefficient (Wildman–Crippen LogP) is 3.71. The topological polar surface area (TPSA) is 44.8 Å². The lowest BCUT2D eigenvalue weighted by Gasteiger charge is -2.18. The van der Waals surface area contributed by atoms with Gasteiger partial charge in [0, 0.05) is 6.42 Å². The molecule has 4 nitrogen and oxygen atoms in total. The quantitative estimate of drug-likeness (QED) is 0.354. The summed E-state index contributed by atoms with van der Waals surface area (Å²) in [5.41, 5.74) is 0. The van der Waals surface area contributed by atoms with Crippen molar-refractivity contribution in [3.63, 3.8) is 0 Å². The fourth-order valence-corrected chi connectivity index (χ4v) is 2.74. The number of rotatable bonds is 9. The standard InChI is InChI=1S/C11H21O4P/c1-5-9-11(10-13-6-2)16(12,14-7-3)15-8-4/h5,10H,1,6-9H2,2-4H3/b11-10+. The highest BCUT2D eigenvalue weighted by molar-refractivity contribution is 7.58. The highest BCUT2D eigenvalue weighted by Crippen LogP contribution is 2.57. The first-order valence-electron chi connectivity index (χ1n) is 5.45. The summed E-state index contributed by atoms with van der Waals surface area (Å²) in [4.78, 5) is 0. The minimum Gasteiger partial charge on any atom is -0.501 e. The van der Waals surface area contributed by atoms with E-state index in [0.717, 1.165) is 0 Å². The summed E-state index contributed by atoms with van der Waals surface area (Å²) < 4.78 is 28.0. The van der Waals surface area contributed by atoms with Crippen molar-refractivity contribution in [1.29, 1.82) is 0 Å². The molecule has 94 valence electrons. The second kappa shape index (κ2) is 8.57. The molecular weight excluding hydrogens is 227 g/mol. The third kappa shape index (κ3) is 4.97. The minimum atomic E-state index is -3.21. The lowest BCUT2D eigenvalue weighted by molar-refractivity contribution is 0.221. The lowest BCUT2D eigenvalue weighted by atomic mass is 10.4. The van der Waals surface area contributed by atoms with Crippen LogP contribution in [0.5, 0.6) is 0 Å². The van der Waals surface area contributed by atoms with Crippen molar-refractivity contribution >= 4 is 7.60 Å². The van der Waals surface area contributed by atoms with Gasteiger partial charge in [0.1, 0.15) is 0 Å². The fraction of sp³-hybridized carbons (Fsp3) is 0.636. The molecule has 0 heterocycles. The Morgan fingerprint density at radius 3 is 2.12 bits per heavy atom. The van der Waals surface area contributed by atoms with Gasteiger partial charge in [0.05, 0.1) is 31.4 Å². The molecule has 0 aliphatic rings. The van der Waals surface area contributed by atoms with E-state index >= 15 is 0 Å². The highest BCUT2D eigenvalue weighted by Gasteiger charge is 2.29. The van der Waals surface area contributed by atoms with Gasteiger partial charge in [-0.3, -0.25) is 4.57 Å². The van der Waals surface area contributed by atoms with Crippen LogP contribution in [0.25, 0.3) is 0 Å². The van der Waals surface area contributed by atoms with Crippen LogP contribution in [-0.2, 0) is 18.3 Å². The Balaban J connectivity index is 4.92. The number of hydrogen-bond acceptors (Lipinski definition) is 4. The molecule has 0 amide bonds. The van der Waals surface area contributed by atoms with Crippen molar-refractivity contribution in [3.05, 3.63) is 24.2 Å². The van der Waals surface area contributed by atoms with Crippen LogP contribution in [-0.4, -0.2) is 19.8 Å². The molecule has 0 aromatic rings. The first-order chi connectivity index (χ1) is 7.64. The van der Waals surface area contributed by atoms with Crippen LogP contribution >= 0.6 is 7.60 Å². The van der Waals surface area contributed by atoms with Gasteiger partial charge in [0.15, 0.2) is 0 Å². The summed E-state index contributed by atoms with van der Waals surface area (Å²) in [7, 11) is -3.21. The largest absolute Gasteiger partial charge is 0.501 e. The summed E-state index contributed by atoms with van der Waals surface area (Å²) in [6.45, 7) is 10.2. The van der Waals surface area contributed by atoms with E-state index in [1.54, 1.807) is 19.9 Å². The second-order valence-corrected chi connectivity index (χ2v) is 4.98. The lowest BCUT2D eigenvalue weighted by Crippen LogP contribution is -1.99. The van der Waals surface area contributed by atoms with Crippen molar-refractivity contribution in [2.24, 2.45) is 0 Å².